The minimum absolute atomic E-state index is 0.133. The lowest BCUT2D eigenvalue weighted by Crippen LogP contribution is -2.18. The third kappa shape index (κ3) is 2.93. The van der Waals surface area contributed by atoms with Gasteiger partial charge in [-0.1, -0.05) is 25.1 Å². The fourth-order valence-corrected chi connectivity index (χ4v) is 2.30. The predicted octanol–water partition coefficient (Wildman–Crippen LogP) is 2.59. The van der Waals surface area contributed by atoms with E-state index >= 15 is 0 Å². The molecule has 1 aromatic heterocycles. The molecule has 0 amide bonds. The molecule has 0 saturated carbocycles. The summed E-state index contributed by atoms with van der Waals surface area (Å²) >= 11 is 4.99. The van der Waals surface area contributed by atoms with Gasteiger partial charge in [0.1, 0.15) is 5.75 Å². The zero-order valence-corrected chi connectivity index (χ0v) is 11.8. The van der Waals surface area contributed by atoms with Crippen molar-refractivity contribution >= 4 is 12.2 Å². The van der Waals surface area contributed by atoms with Crippen LogP contribution in [0.5, 0.6) is 5.75 Å². The largest absolute Gasteiger partial charge is 0.496 e. The number of ether oxygens (including phenoxy) is 1. The van der Waals surface area contributed by atoms with Gasteiger partial charge in [0.15, 0.2) is 4.77 Å². The third-order valence-corrected chi connectivity index (χ3v) is 3.25. The molecule has 0 aliphatic carbocycles. The molecule has 0 bridgehead atoms. The normalized spacial score (nSPS) is 10.4. The molecule has 2 aromatic rings. The van der Waals surface area contributed by atoms with Crippen LogP contribution in [-0.2, 0) is 12.8 Å². The highest BCUT2D eigenvalue weighted by atomic mass is 32.1. The van der Waals surface area contributed by atoms with Crippen molar-refractivity contribution in [1.82, 2.24) is 9.97 Å². The van der Waals surface area contributed by atoms with Gasteiger partial charge < -0.3 is 9.72 Å². The van der Waals surface area contributed by atoms with Crippen LogP contribution in [0.4, 0.5) is 0 Å². The highest BCUT2D eigenvalue weighted by Gasteiger charge is 2.10. The first kappa shape index (κ1) is 13.5. The number of aromatic nitrogens is 2. The number of nitrogens with one attached hydrogen (secondary N) is 2. The first-order chi connectivity index (χ1) is 9.15. The highest BCUT2D eigenvalue weighted by Crippen LogP contribution is 2.20. The SMILES string of the molecule is CCc1[nH]c(=S)[nH]c(=O)c1Cc1ccccc1OC. The Morgan fingerprint density at radius 1 is 1.26 bits per heavy atom. The Morgan fingerprint density at radius 2 is 2.00 bits per heavy atom. The second-order valence-corrected chi connectivity index (χ2v) is 4.62. The number of hydrogen-bond acceptors (Lipinski definition) is 3. The predicted molar refractivity (Wildman–Crippen MR) is 77.4 cm³/mol. The van der Waals surface area contributed by atoms with Gasteiger partial charge in [-0.2, -0.15) is 0 Å². The van der Waals surface area contributed by atoms with Crippen molar-refractivity contribution in [3.63, 3.8) is 0 Å². The van der Waals surface area contributed by atoms with Crippen LogP contribution in [0.3, 0.4) is 0 Å². The molecule has 0 aliphatic rings. The minimum Gasteiger partial charge on any atom is -0.496 e. The topological polar surface area (TPSA) is 57.9 Å². The number of aryl methyl sites for hydroxylation is 1. The maximum atomic E-state index is 12.0. The Kier molecular flexibility index (Phi) is 4.16. The summed E-state index contributed by atoms with van der Waals surface area (Å²) in [6, 6.07) is 7.69. The highest BCUT2D eigenvalue weighted by molar-refractivity contribution is 7.71. The molecule has 0 saturated heterocycles. The molecule has 0 unspecified atom stereocenters. The Labute approximate surface area is 116 Å². The Hall–Kier alpha value is -1.88. The lowest BCUT2D eigenvalue weighted by atomic mass is 10.0. The lowest BCUT2D eigenvalue weighted by Gasteiger charge is -2.10. The average Bonchev–Trinajstić information content (AvgIpc) is 2.42. The molecule has 2 rings (SSSR count). The number of para-hydroxylation sites is 1. The molecule has 19 heavy (non-hydrogen) atoms. The average molecular weight is 276 g/mol. The van der Waals surface area contributed by atoms with Crippen LogP contribution < -0.4 is 10.3 Å². The quantitative estimate of drug-likeness (QED) is 0.844. The van der Waals surface area contributed by atoms with Gasteiger partial charge >= 0.3 is 0 Å². The standard InChI is InChI=1S/C14H16N2O2S/c1-3-11-10(13(17)16-14(19)15-11)8-9-6-4-5-7-12(9)18-2/h4-7H,3,8H2,1-2H3,(H2,15,16,17,19). The number of rotatable bonds is 4. The van der Waals surface area contributed by atoms with Crippen molar-refractivity contribution < 1.29 is 4.74 Å². The van der Waals surface area contributed by atoms with E-state index in [0.29, 0.717) is 16.8 Å². The van der Waals surface area contributed by atoms with E-state index < -0.39 is 0 Å². The summed E-state index contributed by atoms with van der Waals surface area (Å²) in [5.74, 6) is 0.784. The van der Waals surface area contributed by atoms with Crippen LogP contribution in [0.1, 0.15) is 23.7 Å². The van der Waals surface area contributed by atoms with E-state index in [1.165, 1.54) is 0 Å². The number of aromatic amines is 2. The summed E-state index contributed by atoms with van der Waals surface area (Å²) in [6.07, 6.45) is 1.26. The van der Waals surface area contributed by atoms with Crippen LogP contribution in [-0.4, -0.2) is 17.1 Å². The maximum absolute atomic E-state index is 12.0. The van der Waals surface area contributed by atoms with Gasteiger partial charge in [0.25, 0.3) is 5.56 Å². The van der Waals surface area contributed by atoms with Gasteiger partial charge in [0.05, 0.1) is 7.11 Å². The van der Waals surface area contributed by atoms with Gasteiger partial charge in [-0.05, 0) is 30.3 Å². The lowest BCUT2D eigenvalue weighted by molar-refractivity contribution is 0.410. The van der Waals surface area contributed by atoms with Crippen molar-refractivity contribution in [1.29, 1.82) is 0 Å². The molecular weight excluding hydrogens is 260 g/mol. The molecule has 0 radical (unpaired) electrons. The summed E-state index contributed by atoms with van der Waals surface area (Å²) in [7, 11) is 1.63. The zero-order valence-electron chi connectivity index (χ0n) is 10.9. The van der Waals surface area contributed by atoms with Crippen LogP contribution in [0.25, 0.3) is 0 Å². The van der Waals surface area contributed by atoms with E-state index in [1.54, 1.807) is 7.11 Å². The molecule has 4 nitrogen and oxygen atoms in total. The molecule has 1 aromatic carbocycles. The van der Waals surface area contributed by atoms with Gasteiger partial charge in [-0.25, -0.2) is 0 Å². The zero-order chi connectivity index (χ0) is 13.8. The van der Waals surface area contributed by atoms with E-state index in [2.05, 4.69) is 9.97 Å². The van der Waals surface area contributed by atoms with E-state index in [4.69, 9.17) is 17.0 Å². The molecule has 0 aliphatic heterocycles. The van der Waals surface area contributed by atoms with Gasteiger partial charge in [0, 0.05) is 17.7 Å². The molecule has 2 N–H and O–H groups in total. The summed E-state index contributed by atoms with van der Waals surface area (Å²) in [4.78, 5) is 17.7. The Morgan fingerprint density at radius 3 is 2.68 bits per heavy atom. The fraction of sp³-hybridized carbons (Fsp3) is 0.286. The van der Waals surface area contributed by atoms with Crippen LogP contribution >= 0.6 is 12.2 Å². The third-order valence-electron chi connectivity index (χ3n) is 3.04. The van der Waals surface area contributed by atoms with E-state index in [1.807, 2.05) is 31.2 Å². The number of benzene rings is 1. The number of H-pyrrole nitrogens is 2. The monoisotopic (exact) mass is 276 g/mol. The first-order valence-electron chi connectivity index (χ1n) is 6.12. The van der Waals surface area contributed by atoms with Crippen molar-refractivity contribution in [3.8, 4) is 5.75 Å². The Balaban J connectivity index is 2.49. The van der Waals surface area contributed by atoms with Crippen molar-refractivity contribution in [2.45, 2.75) is 19.8 Å². The van der Waals surface area contributed by atoms with E-state index in [-0.39, 0.29) is 5.56 Å². The summed E-state index contributed by atoms with van der Waals surface area (Å²) in [5.41, 5.74) is 2.43. The second kappa shape index (κ2) is 5.84. The number of methoxy groups -OCH3 is 1. The van der Waals surface area contributed by atoms with Crippen LogP contribution in [0.2, 0.25) is 0 Å². The molecule has 1 heterocycles. The van der Waals surface area contributed by atoms with Crippen molar-refractivity contribution in [3.05, 3.63) is 56.2 Å². The van der Waals surface area contributed by atoms with Crippen molar-refractivity contribution in [2.75, 3.05) is 7.11 Å². The number of hydrogen-bond donors (Lipinski definition) is 2. The molecule has 0 spiro atoms. The minimum atomic E-state index is -0.133. The molecule has 100 valence electrons. The van der Waals surface area contributed by atoms with Crippen LogP contribution in [0.15, 0.2) is 29.1 Å². The van der Waals surface area contributed by atoms with Gasteiger partial charge in [-0.15, -0.1) is 0 Å². The molecule has 5 heteroatoms. The summed E-state index contributed by atoms with van der Waals surface area (Å²) in [6.45, 7) is 1.99. The van der Waals surface area contributed by atoms with Gasteiger partial charge in [-0.3, -0.25) is 9.78 Å². The smallest absolute Gasteiger partial charge is 0.255 e. The second-order valence-electron chi connectivity index (χ2n) is 4.21. The Bertz CT molecular complexity index is 688. The van der Waals surface area contributed by atoms with E-state index in [0.717, 1.165) is 23.4 Å². The molecular formula is C14H16N2O2S. The fourth-order valence-electron chi connectivity index (χ4n) is 2.09. The maximum Gasteiger partial charge on any atom is 0.255 e. The summed E-state index contributed by atoms with van der Waals surface area (Å²) < 4.78 is 5.68. The van der Waals surface area contributed by atoms with Crippen LogP contribution in [0, 0.1) is 4.77 Å². The molecule has 0 atom stereocenters. The first-order valence-corrected chi connectivity index (χ1v) is 6.52. The molecule has 0 fully saturated rings. The summed E-state index contributed by atoms with van der Waals surface area (Å²) in [5, 5.41) is 0. The van der Waals surface area contributed by atoms with E-state index in [9.17, 15) is 4.79 Å². The van der Waals surface area contributed by atoms with Crippen molar-refractivity contribution in [2.24, 2.45) is 0 Å². The van der Waals surface area contributed by atoms with Gasteiger partial charge in [0.2, 0.25) is 0 Å².